The molecule has 4 rings (SSSR count). The fourth-order valence-corrected chi connectivity index (χ4v) is 2.44. The highest BCUT2D eigenvalue weighted by Crippen LogP contribution is 2.30. The van der Waals surface area contributed by atoms with Crippen molar-refractivity contribution in [2.75, 3.05) is 0 Å². The van der Waals surface area contributed by atoms with E-state index in [1.807, 2.05) is 18.2 Å². The molecular weight excluding hydrogens is 245 g/mol. The van der Waals surface area contributed by atoms with Crippen LogP contribution in [0.1, 0.15) is 11.9 Å². The summed E-state index contributed by atoms with van der Waals surface area (Å²) in [5.41, 5.74) is 2.65. The van der Waals surface area contributed by atoms with E-state index in [-0.39, 0.29) is 5.82 Å². The molecule has 1 aliphatic rings. The first kappa shape index (κ1) is 10.4. The van der Waals surface area contributed by atoms with E-state index in [0.717, 1.165) is 27.4 Å². The molecule has 0 amide bonds. The minimum absolute atomic E-state index is 0.245. The Bertz CT molecular complexity index is 798. The number of halogens is 1. The van der Waals surface area contributed by atoms with Gasteiger partial charge in [0, 0.05) is 27.4 Å². The molecule has 0 fully saturated rings. The van der Waals surface area contributed by atoms with Gasteiger partial charge in [-0.2, -0.15) is 0 Å². The molecule has 0 spiro atoms. The summed E-state index contributed by atoms with van der Waals surface area (Å²) >= 11 is 0. The van der Waals surface area contributed by atoms with E-state index in [1.165, 1.54) is 24.7 Å². The number of benzene rings is 2. The lowest BCUT2D eigenvalue weighted by Crippen LogP contribution is -1.96. The van der Waals surface area contributed by atoms with Crippen LogP contribution >= 0.6 is 0 Å². The summed E-state index contributed by atoms with van der Waals surface area (Å²) in [6.07, 6.45) is 2.65. The van der Waals surface area contributed by atoms with Crippen LogP contribution in [-0.4, -0.2) is 4.98 Å². The summed E-state index contributed by atoms with van der Waals surface area (Å²) in [6.45, 7) is 0. The Balaban J connectivity index is 1.91. The van der Waals surface area contributed by atoms with Crippen molar-refractivity contribution in [1.82, 2.24) is 4.98 Å². The summed E-state index contributed by atoms with van der Waals surface area (Å²) in [6, 6.07) is 10.7. The summed E-state index contributed by atoms with van der Waals surface area (Å²) in [4.78, 5) is 3.21. The lowest BCUT2D eigenvalue weighted by molar-refractivity contribution is -0.0245. The molecule has 1 aliphatic heterocycles. The number of ether oxygens (including phenoxy) is 2. The molecule has 0 saturated carbocycles. The molecule has 3 nitrogen and oxygen atoms in total. The molecule has 0 atom stereocenters. The zero-order valence-corrected chi connectivity index (χ0v) is 9.89. The number of aromatic nitrogens is 1. The summed E-state index contributed by atoms with van der Waals surface area (Å²) in [5, 5.41) is 2.07. The first-order valence-electron chi connectivity index (χ1n) is 5.98. The zero-order chi connectivity index (χ0) is 12.8. The Morgan fingerprint density at radius 3 is 2.37 bits per heavy atom. The van der Waals surface area contributed by atoms with Gasteiger partial charge in [-0.1, -0.05) is 12.1 Å². The molecule has 2 heterocycles. The summed E-state index contributed by atoms with van der Waals surface area (Å²) in [7, 11) is 0. The van der Waals surface area contributed by atoms with Crippen LogP contribution in [0, 0.1) is 5.82 Å². The molecule has 0 radical (unpaired) electrons. The van der Waals surface area contributed by atoms with Gasteiger partial charge in [0.1, 0.15) is 18.3 Å². The Labute approximate surface area is 108 Å². The smallest absolute Gasteiger partial charge is 0.266 e. The number of H-pyrrole nitrogens is 1. The van der Waals surface area contributed by atoms with Crippen LogP contribution in [0.15, 0.2) is 48.9 Å². The van der Waals surface area contributed by atoms with E-state index < -0.39 is 6.29 Å². The van der Waals surface area contributed by atoms with Crippen molar-refractivity contribution in [2.24, 2.45) is 0 Å². The Hall–Kier alpha value is -2.49. The molecule has 4 heteroatoms. The molecule has 94 valence electrons. The van der Waals surface area contributed by atoms with Crippen molar-refractivity contribution >= 4 is 21.8 Å². The fraction of sp³-hybridized carbons (Fsp3) is 0.0667. The third-order valence-corrected chi connectivity index (χ3v) is 3.32. The zero-order valence-electron chi connectivity index (χ0n) is 9.89. The van der Waals surface area contributed by atoms with E-state index in [2.05, 4.69) is 4.98 Å². The van der Waals surface area contributed by atoms with Crippen LogP contribution in [0.2, 0.25) is 0 Å². The Morgan fingerprint density at radius 2 is 1.58 bits per heavy atom. The average molecular weight is 255 g/mol. The van der Waals surface area contributed by atoms with Gasteiger partial charge in [-0.05, 0) is 24.3 Å². The van der Waals surface area contributed by atoms with Crippen LogP contribution in [0.25, 0.3) is 21.8 Å². The maximum absolute atomic E-state index is 13.2. The molecule has 0 aliphatic carbocycles. The second-order valence-electron chi connectivity index (χ2n) is 4.50. The third kappa shape index (κ3) is 1.57. The maximum atomic E-state index is 13.2. The molecule has 19 heavy (non-hydrogen) atoms. The molecule has 1 aromatic heterocycles. The van der Waals surface area contributed by atoms with Gasteiger partial charge in [-0.25, -0.2) is 4.39 Å². The van der Waals surface area contributed by atoms with Crippen molar-refractivity contribution in [3.8, 4) is 0 Å². The van der Waals surface area contributed by atoms with Crippen molar-refractivity contribution < 1.29 is 13.9 Å². The maximum Gasteiger partial charge on any atom is 0.266 e. The van der Waals surface area contributed by atoms with Crippen molar-refractivity contribution in [1.29, 1.82) is 0 Å². The van der Waals surface area contributed by atoms with Gasteiger partial charge < -0.3 is 14.5 Å². The Morgan fingerprint density at radius 1 is 0.895 bits per heavy atom. The van der Waals surface area contributed by atoms with Gasteiger partial charge in [0.05, 0.1) is 0 Å². The number of hydrogen-bond donors (Lipinski definition) is 1. The number of aromatic amines is 1. The number of rotatable bonds is 1. The highest BCUT2D eigenvalue weighted by atomic mass is 19.1. The third-order valence-electron chi connectivity index (χ3n) is 3.32. The topological polar surface area (TPSA) is 34.2 Å². The second-order valence-corrected chi connectivity index (χ2v) is 4.50. The van der Waals surface area contributed by atoms with Crippen molar-refractivity contribution in [3.05, 3.63) is 60.3 Å². The van der Waals surface area contributed by atoms with Crippen LogP contribution < -0.4 is 0 Å². The lowest BCUT2D eigenvalue weighted by Gasteiger charge is -2.09. The van der Waals surface area contributed by atoms with Gasteiger partial charge in [-0.15, -0.1) is 0 Å². The monoisotopic (exact) mass is 255 g/mol. The molecule has 0 bridgehead atoms. The largest absolute Gasteiger partial charge is 0.455 e. The minimum atomic E-state index is -0.396. The van der Waals surface area contributed by atoms with Crippen LogP contribution in [0.3, 0.4) is 0 Å². The highest BCUT2D eigenvalue weighted by molar-refractivity contribution is 6.07. The van der Waals surface area contributed by atoms with Crippen LogP contribution in [0.4, 0.5) is 4.39 Å². The summed E-state index contributed by atoms with van der Waals surface area (Å²) in [5.74, 6) is -0.245. The molecular formula is C15H10FNO2. The van der Waals surface area contributed by atoms with Crippen molar-refractivity contribution in [3.63, 3.8) is 0 Å². The van der Waals surface area contributed by atoms with Gasteiger partial charge >= 0.3 is 0 Å². The quantitative estimate of drug-likeness (QED) is 0.713. The van der Waals surface area contributed by atoms with Gasteiger partial charge in [0.15, 0.2) is 0 Å². The predicted molar refractivity (Wildman–Crippen MR) is 69.8 cm³/mol. The SMILES string of the molecule is Fc1ccc2c(c1)[nH]c1cc(C3OC=CO3)ccc12. The molecule has 0 unspecified atom stereocenters. The first-order valence-corrected chi connectivity index (χ1v) is 5.98. The van der Waals surface area contributed by atoms with Crippen LogP contribution in [0.5, 0.6) is 0 Å². The molecule has 1 N–H and O–H groups in total. The van der Waals surface area contributed by atoms with E-state index >= 15 is 0 Å². The first-order chi connectivity index (χ1) is 9.31. The van der Waals surface area contributed by atoms with E-state index in [1.54, 1.807) is 6.07 Å². The molecule has 0 saturated heterocycles. The minimum Gasteiger partial charge on any atom is -0.455 e. The van der Waals surface area contributed by atoms with Crippen molar-refractivity contribution in [2.45, 2.75) is 6.29 Å². The standard InChI is InChI=1S/C15H10FNO2/c16-10-2-4-12-11-3-1-9(15-18-5-6-19-15)7-13(11)17-14(12)8-10/h1-8,15,17H. The number of fused-ring (bicyclic) bond motifs is 3. The Kier molecular flexibility index (Phi) is 2.06. The van der Waals surface area contributed by atoms with E-state index in [9.17, 15) is 4.39 Å². The molecule has 2 aromatic carbocycles. The van der Waals surface area contributed by atoms with E-state index in [4.69, 9.17) is 9.47 Å². The van der Waals surface area contributed by atoms with Gasteiger partial charge in [0.25, 0.3) is 6.29 Å². The summed E-state index contributed by atoms with van der Waals surface area (Å²) < 4.78 is 23.8. The lowest BCUT2D eigenvalue weighted by atomic mass is 10.1. The van der Waals surface area contributed by atoms with Gasteiger partial charge in [-0.3, -0.25) is 0 Å². The number of nitrogens with one attached hydrogen (secondary N) is 1. The van der Waals surface area contributed by atoms with Crippen LogP contribution in [-0.2, 0) is 9.47 Å². The van der Waals surface area contributed by atoms with Gasteiger partial charge in [0.2, 0.25) is 0 Å². The number of hydrogen-bond acceptors (Lipinski definition) is 2. The fourth-order valence-electron chi connectivity index (χ4n) is 2.44. The molecule has 3 aromatic rings. The normalized spacial score (nSPS) is 15.0. The second kappa shape index (κ2) is 3.75. The van der Waals surface area contributed by atoms with E-state index in [0.29, 0.717) is 0 Å². The average Bonchev–Trinajstić information content (AvgIpc) is 3.04. The predicted octanol–water partition coefficient (Wildman–Crippen LogP) is 3.98. The highest BCUT2D eigenvalue weighted by Gasteiger charge is 2.16.